The van der Waals surface area contributed by atoms with Crippen molar-refractivity contribution in [1.82, 2.24) is 4.98 Å². The van der Waals surface area contributed by atoms with Crippen LogP contribution in [0.1, 0.15) is 5.56 Å². The molecule has 0 bridgehead atoms. The lowest BCUT2D eigenvalue weighted by Crippen LogP contribution is -1.90. The van der Waals surface area contributed by atoms with Gasteiger partial charge in [-0.2, -0.15) is 5.26 Å². The van der Waals surface area contributed by atoms with Gasteiger partial charge in [0.1, 0.15) is 5.75 Å². The molecule has 3 heteroatoms. The van der Waals surface area contributed by atoms with Gasteiger partial charge in [-0.1, -0.05) is 18.2 Å². The Kier molecular flexibility index (Phi) is 3.53. The van der Waals surface area contributed by atoms with Gasteiger partial charge in [-0.05, 0) is 41.3 Å². The number of benzene rings is 2. The van der Waals surface area contributed by atoms with Crippen molar-refractivity contribution in [3.8, 4) is 23.1 Å². The first kappa shape index (κ1) is 13.1. The van der Waals surface area contributed by atoms with Gasteiger partial charge < -0.3 is 4.74 Å². The molecule has 0 aliphatic carbocycles. The summed E-state index contributed by atoms with van der Waals surface area (Å²) >= 11 is 0. The lowest BCUT2D eigenvalue weighted by molar-refractivity contribution is 0.415. The average molecular weight is 274 g/mol. The molecule has 1 aromatic heterocycles. The highest BCUT2D eigenvalue weighted by atomic mass is 16.5. The number of nitriles is 1. The van der Waals surface area contributed by atoms with Crippen molar-refractivity contribution in [2.45, 2.75) is 6.42 Å². The molecule has 0 aliphatic rings. The van der Waals surface area contributed by atoms with Crippen LogP contribution in [0.5, 0.6) is 5.75 Å². The molecular weight excluding hydrogens is 260 g/mol. The monoisotopic (exact) mass is 274 g/mol. The molecular formula is C18H14N2O. The largest absolute Gasteiger partial charge is 0.497 e. The third-order valence-corrected chi connectivity index (χ3v) is 3.53. The highest BCUT2D eigenvalue weighted by Crippen LogP contribution is 2.29. The molecule has 0 fully saturated rings. The van der Waals surface area contributed by atoms with Crippen molar-refractivity contribution in [3.05, 3.63) is 60.3 Å². The Labute approximate surface area is 123 Å². The summed E-state index contributed by atoms with van der Waals surface area (Å²) in [5.41, 5.74) is 3.00. The summed E-state index contributed by atoms with van der Waals surface area (Å²) in [6, 6.07) is 18.0. The Morgan fingerprint density at radius 3 is 2.57 bits per heavy atom. The van der Waals surface area contributed by atoms with E-state index in [1.54, 1.807) is 13.3 Å². The highest BCUT2D eigenvalue weighted by Gasteiger charge is 2.08. The smallest absolute Gasteiger partial charge is 0.118 e. The Morgan fingerprint density at radius 2 is 1.86 bits per heavy atom. The molecule has 0 spiro atoms. The fourth-order valence-electron chi connectivity index (χ4n) is 2.49. The average Bonchev–Trinajstić information content (AvgIpc) is 2.55. The van der Waals surface area contributed by atoms with E-state index < -0.39 is 0 Å². The van der Waals surface area contributed by atoms with Gasteiger partial charge in [0.05, 0.1) is 25.3 Å². The molecule has 0 aliphatic heterocycles. The number of pyridine rings is 1. The first-order valence-corrected chi connectivity index (χ1v) is 6.71. The third kappa shape index (κ3) is 2.44. The second-order valence-corrected chi connectivity index (χ2v) is 4.74. The van der Waals surface area contributed by atoms with Crippen LogP contribution >= 0.6 is 0 Å². The summed E-state index contributed by atoms with van der Waals surface area (Å²) in [5, 5.41) is 11.1. The molecule has 0 unspecified atom stereocenters. The lowest BCUT2D eigenvalue weighted by atomic mass is 9.99. The van der Waals surface area contributed by atoms with Crippen LogP contribution in [0.15, 0.2) is 54.7 Å². The molecule has 0 saturated heterocycles. The molecule has 102 valence electrons. The molecule has 0 saturated carbocycles. The molecule has 3 rings (SSSR count). The quantitative estimate of drug-likeness (QED) is 0.725. The van der Waals surface area contributed by atoms with Gasteiger partial charge in [0, 0.05) is 17.1 Å². The molecule has 0 N–H and O–H groups in total. The van der Waals surface area contributed by atoms with Crippen LogP contribution in [0.3, 0.4) is 0 Å². The van der Waals surface area contributed by atoms with Crippen molar-refractivity contribution in [2.75, 3.05) is 7.11 Å². The Hall–Kier alpha value is -2.86. The van der Waals surface area contributed by atoms with Crippen LogP contribution in [-0.2, 0) is 6.42 Å². The van der Waals surface area contributed by atoms with Crippen LogP contribution in [0.2, 0.25) is 0 Å². The Bertz CT molecular complexity index is 817. The van der Waals surface area contributed by atoms with Gasteiger partial charge in [-0.3, -0.25) is 4.98 Å². The van der Waals surface area contributed by atoms with E-state index in [2.05, 4.69) is 11.1 Å². The van der Waals surface area contributed by atoms with Crippen molar-refractivity contribution in [1.29, 1.82) is 5.26 Å². The zero-order chi connectivity index (χ0) is 14.7. The maximum Gasteiger partial charge on any atom is 0.118 e. The fraction of sp³-hybridized carbons (Fsp3) is 0.111. The van der Waals surface area contributed by atoms with E-state index in [1.807, 2.05) is 48.5 Å². The van der Waals surface area contributed by atoms with Gasteiger partial charge in [0.25, 0.3) is 0 Å². The SMILES string of the molecule is COc1ccc(-c2nccc3c(CC#N)cccc23)cc1. The third-order valence-electron chi connectivity index (χ3n) is 3.53. The van der Waals surface area contributed by atoms with E-state index in [0.29, 0.717) is 6.42 Å². The maximum absolute atomic E-state index is 8.94. The molecule has 21 heavy (non-hydrogen) atoms. The molecule has 0 atom stereocenters. The van der Waals surface area contributed by atoms with Crippen molar-refractivity contribution in [3.63, 3.8) is 0 Å². The van der Waals surface area contributed by atoms with Crippen molar-refractivity contribution >= 4 is 10.8 Å². The minimum absolute atomic E-state index is 0.406. The summed E-state index contributed by atoms with van der Waals surface area (Å²) in [7, 11) is 1.65. The second kappa shape index (κ2) is 5.64. The predicted molar refractivity (Wildman–Crippen MR) is 83.0 cm³/mol. The fourth-order valence-corrected chi connectivity index (χ4v) is 2.49. The predicted octanol–water partition coefficient (Wildman–Crippen LogP) is 3.98. The highest BCUT2D eigenvalue weighted by molar-refractivity contribution is 5.96. The topological polar surface area (TPSA) is 45.9 Å². The minimum atomic E-state index is 0.406. The molecule has 2 aromatic carbocycles. The second-order valence-electron chi connectivity index (χ2n) is 4.74. The number of hydrogen-bond acceptors (Lipinski definition) is 3. The zero-order valence-corrected chi connectivity index (χ0v) is 11.7. The maximum atomic E-state index is 8.94. The van der Waals surface area contributed by atoms with Crippen molar-refractivity contribution in [2.24, 2.45) is 0 Å². The number of ether oxygens (including phenoxy) is 1. The summed E-state index contributed by atoms with van der Waals surface area (Å²) < 4.78 is 5.19. The van der Waals surface area contributed by atoms with E-state index in [0.717, 1.165) is 33.3 Å². The summed E-state index contributed by atoms with van der Waals surface area (Å²) in [4.78, 5) is 4.51. The van der Waals surface area contributed by atoms with Crippen LogP contribution in [-0.4, -0.2) is 12.1 Å². The van der Waals surface area contributed by atoms with Gasteiger partial charge in [-0.25, -0.2) is 0 Å². The first-order valence-electron chi connectivity index (χ1n) is 6.71. The Morgan fingerprint density at radius 1 is 1.05 bits per heavy atom. The van der Waals surface area contributed by atoms with Crippen LogP contribution < -0.4 is 4.74 Å². The summed E-state index contributed by atoms with van der Waals surface area (Å²) in [6.45, 7) is 0. The van der Waals surface area contributed by atoms with Gasteiger partial charge >= 0.3 is 0 Å². The first-order chi connectivity index (χ1) is 10.3. The van der Waals surface area contributed by atoms with Gasteiger partial charge in [0.2, 0.25) is 0 Å². The summed E-state index contributed by atoms with van der Waals surface area (Å²) in [6.07, 6.45) is 2.20. The van der Waals surface area contributed by atoms with Crippen molar-refractivity contribution < 1.29 is 4.74 Å². The normalized spacial score (nSPS) is 10.3. The molecule has 0 amide bonds. The number of aromatic nitrogens is 1. The Balaban J connectivity index is 2.18. The van der Waals surface area contributed by atoms with Crippen LogP contribution in [0, 0.1) is 11.3 Å². The molecule has 3 aromatic rings. The number of rotatable bonds is 3. The number of hydrogen-bond donors (Lipinski definition) is 0. The zero-order valence-electron chi connectivity index (χ0n) is 11.7. The number of nitrogens with zero attached hydrogens (tertiary/aromatic N) is 2. The molecule has 0 radical (unpaired) electrons. The standard InChI is InChI=1S/C18H14N2O/c1-21-15-7-5-14(6-8-15)18-17-4-2-3-13(9-11-19)16(17)10-12-20-18/h2-8,10,12H,9H2,1H3. The van der Waals surface area contributed by atoms with E-state index >= 15 is 0 Å². The van der Waals surface area contributed by atoms with Gasteiger partial charge in [-0.15, -0.1) is 0 Å². The van der Waals surface area contributed by atoms with E-state index in [1.165, 1.54) is 0 Å². The van der Waals surface area contributed by atoms with Crippen LogP contribution in [0.4, 0.5) is 0 Å². The van der Waals surface area contributed by atoms with E-state index in [-0.39, 0.29) is 0 Å². The van der Waals surface area contributed by atoms with E-state index in [9.17, 15) is 0 Å². The summed E-state index contributed by atoms with van der Waals surface area (Å²) in [5.74, 6) is 0.823. The van der Waals surface area contributed by atoms with Crippen LogP contribution in [0.25, 0.3) is 22.0 Å². The van der Waals surface area contributed by atoms with E-state index in [4.69, 9.17) is 10.00 Å². The molecule has 3 nitrogen and oxygen atoms in total. The number of fused-ring (bicyclic) bond motifs is 1. The lowest BCUT2D eigenvalue weighted by Gasteiger charge is -2.09. The van der Waals surface area contributed by atoms with Gasteiger partial charge in [0.15, 0.2) is 0 Å². The minimum Gasteiger partial charge on any atom is -0.497 e. The number of methoxy groups -OCH3 is 1. The molecule has 1 heterocycles.